The number of nitrogens with one attached hydrogen (secondary N) is 1. The molecule has 0 radical (unpaired) electrons. The molecule has 1 atom stereocenters. The van der Waals surface area contributed by atoms with E-state index in [9.17, 15) is 4.79 Å². The van der Waals surface area contributed by atoms with Crippen molar-refractivity contribution in [3.05, 3.63) is 0 Å². The van der Waals surface area contributed by atoms with Crippen molar-refractivity contribution >= 4 is 5.97 Å². The third-order valence-electron chi connectivity index (χ3n) is 4.24. The first kappa shape index (κ1) is 15.4. The third-order valence-corrected chi connectivity index (χ3v) is 4.24. The van der Waals surface area contributed by atoms with Crippen molar-refractivity contribution in [1.29, 1.82) is 0 Å². The van der Waals surface area contributed by atoms with E-state index >= 15 is 0 Å². The molecule has 0 aromatic rings. The molecule has 1 N–H and O–H groups in total. The summed E-state index contributed by atoms with van der Waals surface area (Å²) in [5.41, 5.74) is 0.488. The van der Waals surface area contributed by atoms with Crippen LogP contribution in [0.25, 0.3) is 0 Å². The number of hydrogen-bond acceptors (Lipinski definition) is 4. The Balaban J connectivity index is 2.45. The largest absolute Gasteiger partial charge is 0.468 e. The van der Waals surface area contributed by atoms with E-state index in [1.165, 1.54) is 32.8 Å². The number of rotatable bonds is 5. The second kappa shape index (κ2) is 6.53. The summed E-state index contributed by atoms with van der Waals surface area (Å²) in [7, 11) is 5.35. The Kier molecular flexibility index (Phi) is 5.60. The van der Waals surface area contributed by atoms with Gasteiger partial charge in [-0.25, -0.2) is 0 Å². The summed E-state index contributed by atoms with van der Waals surface area (Å²) in [6.45, 7) is 5.40. The van der Waals surface area contributed by atoms with E-state index in [0.29, 0.717) is 18.0 Å². The van der Waals surface area contributed by atoms with Crippen LogP contribution < -0.4 is 5.32 Å². The highest BCUT2D eigenvalue weighted by Crippen LogP contribution is 2.36. The number of methoxy groups -OCH3 is 1. The number of ether oxygens (including phenoxy) is 1. The van der Waals surface area contributed by atoms with Gasteiger partial charge in [-0.1, -0.05) is 13.8 Å². The van der Waals surface area contributed by atoms with Gasteiger partial charge in [-0.15, -0.1) is 0 Å². The molecule has 1 fully saturated rings. The molecule has 1 aliphatic rings. The minimum atomic E-state index is -0.227. The maximum absolute atomic E-state index is 11.6. The monoisotopic (exact) mass is 256 g/mol. The fourth-order valence-corrected chi connectivity index (χ4v) is 2.69. The van der Waals surface area contributed by atoms with Crippen LogP contribution in [0.1, 0.15) is 39.5 Å². The molecule has 1 rings (SSSR count). The molecule has 18 heavy (non-hydrogen) atoms. The predicted octanol–water partition coefficient (Wildman–Crippen LogP) is 1.65. The summed E-state index contributed by atoms with van der Waals surface area (Å²) in [5, 5.41) is 3.02. The van der Waals surface area contributed by atoms with Gasteiger partial charge in [0.2, 0.25) is 0 Å². The molecule has 0 heterocycles. The van der Waals surface area contributed by atoms with Gasteiger partial charge in [0.1, 0.15) is 6.04 Å². The normalized spacial score (nSPS) is 21.9. The van der Waals surface area contributed by atoms with E-state index in [4.69, 9.17) is 4.74 Å². The average molecular weight is 256 g/mol. The molecular formula is C14H28N2O2. The molecule has 4 nitrogen and oxygen atoms in total. The quantitative estimate of drug-likeness (QED) is 0.759. The molecule has 0 aromatic carbocycles. The molecule has 0 bridgehead atoms. The van der Waals surface area contributed by atoms with E-state index in [0.717, 1.165) is 0 Å². The van der Waals surface area contributed by atoms with Crippen LogP contribution in [0.3, 0.4) is 0 Å². The van der Waals surface area contributed by atoms with Crippen molar-refractivity contribution in [3.8, 4) is 0 Å². The lowest BCUT2D eigenvalue weighted by Gasteiger charge is -2.39. The number of carbonyl (C=O) groups excluding carboxylic acids is 1. The maximum atomic E-state index is 11.6. The molecule has 0 aliphatic heterocycles. The Morgan fingerprint density at radius 2 is 2.00 bits per heavy atom. The average Bonchev–Trinajstić information content (AvgIpc) is 2.34. The molecular weight excluding hydrogens is 228 g/mol. The zero-order valence-electron chi connectivity index (χ0n) is 12.5. The van der Waals surface area contributed by atoms with Gasteiger partial charge in [0.15, 0.2) is 0 Å². The fourth-order valence-electron chi connectivity index (χ4n) is 2.69. The van der Waals surface area contributed by atoms with Crippen LogP contribution in [0.4, 0.5) is 0 Å². The van der Waals surface area contributed by atoms with Crippen molar-refractivity contribution in [2.24, 2.45) is 5.41 Å². The van der Waals surface area contributed by atoms with Gasteiger partial charge in [-0.3, -0.25) is 4.79 Å². The van der Waals surface area contributed by atoms with Crippen molar-refractivity contribution in [3.63, 3.8) is 0 Å². The van der Waals surface area contributed by atoms with Crippen LogP contribution in [0.2, 0.25) is 0 Å². The molecule has 1 aliphatic carbocycles. The summed E-state index contributed by atoms with van der Waals surface area (Å²) in [5.74, 6) is -0.180. The second-order valence-electron chi connectivity index (χ2n) is 6.20. The number of hydrogen-bond donors (Lipinski definition) is 1. The zero-order valence-corrected chi connectivity index (χ0v) is 12.5. The van der Waals surface area contributed by atoms with Crippen molar-refractivity contribution in [2.75, 3.05) is 27.7 Å². The molecule has 0 saturated heterocycles. The molecule has 1 saturated carbocycles. The van der Waals surface area contributed by atoms with Crippen LogP contribution in [0.5, 0.6) is 0 Å². The number of nitrogens with zero attached hydrogens (tertiary/aromatic N) is 1. The Morgan fingerprint density at radius 3 is 2.44 bits per heavy atom. The Bertz CT molecular complexity index is 269. The van der Waals surface area contributed by atoms with Crippen molar-refractivity contribution < 1.29 is 9.53 Å². The molecule has 4 heteroatoms. The highest BCUT2D eigenvalue weighted by Gasteiger charge is 2.30. The van der Waals surface area contributed by atoms with Gasteiger partial charge in [-0.05, 0) is 45.2 Å². The van der Waals surface area contributed by atoms with Gasteiger partial charge < -0.3 is 15.0 Å². The highest BCUT2D eigenvalue weighted by molar-refractivity contribution is 5.75. The highest BCUT2D eigenvalue weighted by atomic mass is 16.5. The zero-order chi connectivity index (χ0) is 13.8. The first-order valence-electron chi connectivity index (χ1n) is 6.85. The molecule has 0 spiro atoms. The van der Waals surface area contributed by atoms with Crippen LogP contribution in [0, 0.1) is 5.41 Å². The summed E-state index contributed by atoms with van der Waals surface area (Å²) < 4.78 is 4.80. The fraction of sp³-hybridized carbons (Fsp3) is 0.929. The van der Waals surface area contributed by atoms with Crippen LogP contribution >= 0.6 is 0 Å². The first-order chi connectivity index (χ1) is 8.39. The van der Waals surface area contributed by atoms with Crippen LogP contribution in [-0.4, -0.2) is 50.7 Å². The van der Waals surface area contributed by atoms with Crippen LogP contribution in [-0.2, 0) is 9.53 Å². The Morgan fingerprint density at radius 1 is 1.44 bits per heavy atom. The summed E-state index contributed by atoms with van der Waals surface area (Å²) in [4.78, 5) is 13.9. The molecule has 0 amide bonds. The number of carbonyl (C=O) groups is 1. The lowest BCUT2D eigenvalue weighted by Crippen LogP contribution is -2.48. The SMILES string of the molecule is CNC(CN(C)C1CCC(C)(C)CC1)C(=O)OC. The minimum absolute atomic E-state index is 0.180. The summed E-state index contributed by atoms with van der Waals surface area (Å²) in [6.07, 6.45) is 4.98. The first-order valence-corrected chi connectivity index (χ1v) is 6.85. The van der Waals surface area contributed by atoms with Crippen molar-refractivity contribution in [1.82, 2.24) is 10.2 Å². The Hall–Kier alpha value is -0.610. The van der Waals surface area contributed by atoms with E-state index in [1.807, 2.05) is 0 Å². The number of likely N-dealkylation sites (N-methyl/N-ethyl adjacent to an activating group) is 2. The summed E-state index contributed by atoms with van der Waals surface area (Å²) >= 11 is 0. The van der Waals surface area contributed by atoms with E-state index in [2.05, 4.69) is 31.1 Å². The maximum Gasteiger partial charge on any atom is 0.324 e. The molecule has 0 aromatic heterocycles. The molecule has 1 unspecified atom stereocenters. The van der Waals surface area contributed by atoms with Gasteiger partial charge in [0.05, 0.1) is 7.11 Å². The smallest absolute Gasteiger partial charge is 0.324 e. The third kappa shape index (κ3) is 4.25. The minimum Gasteiger partial charge on any atom is -0.468 e. The number of esters is 1. The van der Waals surface area contributed by atoms with E-state index < -0.39 is 0 Å². The summed E-state index contributed by atoms with van der Waals surface area (Å²) in [6, 6.07) is 0.369. The van der Waals surface area contributed by atoms with Gasteiger partial charge in [-0.2, -0.15) is 0 Å². The lowest BCUT2D eigenvalue weighted by atomic mass is 9.75. The topological polar surface area (TPSA) is 41.6 Å². The molecule has 106 valence electrons. The van der Waals surface area contributed by atoms with Gasteiger partial charge in [0.25, 0.3) is 0 Å². The van der Waals surface area contributed by atoms with Crippen LogP contribution in [0.15, 0.2) is 0 Å². The second-order valence-corrected chi connectivity index (χ2v) is 6.20. The predicted molar refractivity (Wildman–Crippen MR) is 73.5 cm³/mol. The van der Waals surface area contributed by atoms with Gasteiger partial charge in [0, 0.05) is 12.6 Å². The lowest BCUT2D eigenvalue weighted by molar-refractivity contribution is -0.143. The van der Waals surface area contributed by atoms with Crippen molar-refractivity contribution in [2.45, 2.75) is 51.6 Å². The van der Waals surface area contributed by atoms with Gasteiger partial charge >= 0.3 is 5.97 Å². The standard InChI is InChI=1S/C14H28N2O2/c1-14(2)8-6-11(7-9-14)16(4)10-12(15-3)13(17)18-5/h11-12,15H,6-10H2,1-5H3. The van der Waals surface area contributed by atoms with E-state index in [1.54, 1.807) is 7.05 Å². The van der Waals surface area contributed by atoms with E-state index in [-0.39, 0.29) is 12.0 Å². The Labute approximate surface area is 111 Å².